The highest BCUT2D eigenvalue weighted by Crippen LogP contribution is 2.25. The summed E-state index contributed by atoms with van der Waals surface area (Å²) < 4.78 is 36.4. The van der Waals surface area contributed by atoms with Crippen LogP contribution in [0.3, 0.4) is 0 Å². The zero-order valence-electron chi connectivity index (χ0n) is 12.6. The number of nitrogens with zero attached hydrogens (tertiary/aromatic N) is 2. The number of alkyl halides is 3. The standard InChI is InChI=1S/C16H21F3N2O/c1-20(15(22)7-9-16(17,18)19)11-13-8-10-21(12-13)14-5-3-2-4-6-14/h2-6,13H,7-12H2,1H3/t13-/m1/s1. The zero-order valence-corrected chi connectivity index (χ0v) is 12.6. The number of amides is 1. The van der Waals surface area contributed by atoms with E-state index in [1.54, 1.807) is 7.05 Å². The van der Waals surface area contributed by atoms with Gasteiger partial charge in [-0.3, -0.25) is 4.79 Å². The minimum Gasteiger partial charge on any atom is -0.371 e. The van der Waals surface area contributed by atoms with E-state index in [1.807, 2.05) is 30.3 Å². The maximum atomic E-state index is 12.1. The van der Waals surface area contributed by atoms with Crippen molar-refractivity contribution in [1.29, 1.82) is 0 Å². The average molecular weight is 314 g/mol. The first kappa shape index (κ1) is 16.6. The molecule has 0 bridgehead atoms. The molecule has 0 radical (unpaired) electrons. The summed E-state index contributed by atoms with van der Waals surface area (Å²) >= 11 is 0. The molecule has 0 aromatic heterocycles. The van der Waals surface area contributed by atoms with Gasteiger partial charge in [0, 0.05) is 38.8 Å². The van der Waals surface area contributed by atoms with Gasteiger partial charge in [0.2, 0.25) is 5.91 Å². The Kier molecular flexibility index (Phi) is 5.32. The van der Waals surface area contributed by atoms with Crippen LogP contribution in [-0.2, 0) is 4.79 Å². The van der Waals surface area contributed by atoms with Gasteiger partial charge in [0.05, 0.1) is 6.42 Å². The Morgan fingerprint density at radius 1 is 1.32 bits per heavy atom. The van der Waals surface area contributed by atoms with Gasteiger partial charge in [-0.05, 0) is 24.5 Å². The Balaban J connectivity index is 1.78. The molecule has 3 nitrogen and oxygen atoms in total. The third kappa shape index (κ3) is 4.93. The van der Waals surface area contributed by atoms with Gasteiger partial charge >= 0.3 is 6.18 Å². The van der Waals surface area contributed by atoms with Crippen LogP contribution < -0.4 is 4.90 Å². The van der Waals surface area contributed by atoms with Crippen molar-refractivity contribution < 1.29 is 18.0 Å². The van der Waals surface area contributed by atoms with Gasteiger partial charge in [0.15, 0.2) is 0 Å². The Morgan fingerprint density at radius 3 is 2.64 bits per heavy atom. The molecule has 1 aliphatic heterocycles. The summed E-state index contributed by atoms with van der Waals surface area (Å²) in [5, 5.41) is 0. The second-order valence-electron chi connectivity index (χ2n) is 5.83. The normalized spacial score (nSPS) is 18.5. The van der Waals surface area contributed by atoms with E-state index in [4.69, 9.17) is 0 Å². The number of hydrogen-bond acceptors (Lipinski definition) is 2. The molecular weight excluding hydrogens is 293 g/mol. The third-order valence-corrected chi connectivity index (χ3v) is 3.99. The van der Waals surface area contributed by atoms with Gasteiger partial charge in [-0.15, -0.1) is 0 Å². The van der Waals surface area contributed by atoms with Crippen molar-refractivity contribution >= 4 is 11.6 Å². The van der Waals surface area contributed by atoms with E-state index < -0.39 is 24.9 Å². The molecule has 6 heteroatoms. The predicted molar refractivity (Wildman–Crippen MR) is 79.7 cm³/mol. The Morgan fingerprint density at radius 2 is 2.00 bits per heavy atom. The maximum Gasteiger partial charge on any atom is 0.389 e. The summed E-state index contributed by atoms with van der Waals surface area (Å²) in [6, 6.07) is 10.0. The molecule has 1 saturated heterocycles. The number of halogens is 3. The lowest BCUT2D eigenvalue weighted by Crippen LogP contribution is -2.33. The number of carbonyl (C=O) groups excluding carboxylic acids is 1. The molecular formula is C16H21F3N2O. The van der Waals surface area contributed by atoms with Crippen LogP contribution in [0.5, 0.6) is 0 Å². The monoisotopic (exact) mass is 314 g/mol. The fourth-order valence-electron chi connectivity index (χ4n) is 2.78. The maximum absolute atomic E-state index is 12.1. The van der Waals surface area contributed by atoms with Gasteiger partial charge in [-0.2, -0.15) is 13.2 Å². The summed E-state index contributed by atoms with van der Waals surface area (Å²) in [5.74, 6) is -0.129. The molecule has 0 N–H and O–H groups in total. The fraction of sp³-hybridized carbons (Fsp3) is 0.562. The highest BCUT2D eigenvalue weighted by atomic mass is 19.4. The van der Waals surface area contributed by atoms with E-state index >= 15 is 0 Å². The van der Waals surface area contributed by atoms with E-state index in [-0.39, 0.29) is 0 Å². The SMILES string of the molecule is CN(C[C@H]1CCN(c2ccccc2)C1)C(=O)CCC(F)(F)F. The molecule has 0 aliphatic carbocycles. The van der Waals surface area contributed by atoms with Gasteiger partial charge < -0.3 is 9.80 Å². The molecule has 122 valence electrons. The summed E-state index contributed by atoms with van der Waals surface area (Å²) in [6.45, 7) is 2.26. The quantitative estimate of drug-likeness (QED) is 0.832. The first-order valence-electron chi connectivity index (χ1n) is 7.46. The molecule has 1 atom stereocenters. The minimum absolute atomic E-state index is 0.306. The van der Waals surface area contributed by atoms with Crippen LogP contribution >= 0.6 is 0 Å². The second-order valence-corrected chi connectivity index (χ2v) is 5.83. The first-order valence-corrected chi connectivity index (χ1v) is 7.46. The number of carbonyl (C=O) groups is 1. The van der Waals surface area contributed by atoms with E-state index in [0.717, 1.165) is 25.2 Å². The number of rotatable bonds is 5. The molecule has 1 amide bonds. The van der Waals surface area contributed by atoms with Crippen molar-refractivity contribution in [2.45, 2.75) is 25.4 Å². The zero-order chi connectivity index (χ0) is 16.2. The van der Waals surface area contributed by atoms with Gasteiger partial charge in [-0.25, -0.2) is 0 Å². The van der Waals surface area contributed by atoms with E-state index in [2.05, 4.69) is 4.90 Å². The molecule has 1 fully saturated rings. The summed E-state index contributed by atoms with van der Waals surface area (Å²) in [4.78, 5) is 15.4. The molecule has 1 aliphatic rings. The van der Waals surface area contributed by atoms with E-state index in [9.17, 15) is 18.0 Å². The number of benzene rings is 1. The topological polar surface area (TPSA) is 23.6 Å². The fourth-order valence-corrected chi connectivity index (χ4v) is 2.78. The molecule has 0 saturated carbocycles. The van der Waals surface area contributed by atoms with Crippen molar-refractivity contribution in [2.24, 2.45) is 5.92 Å². The molecule has 1 heterocycles. The molecule has 0 spiro atoms. The van der Waals surface area contributed by atoms with Gasteiger partial charge in [0.1, 0.15) is 0 Å². The summed E-state index contributed by atoms with van der Waals surface area (Å²) in [5.41, 5.74) is 1.15. The minimum atomic E-state index is -4.27. The summed E-state index contributed by atoms with van der Waals surface area (Å²) in [6.07, 6.45) is -4.83. The van der Waals surface area contributed by atoms with Crippen LogP contribution in [0.1, 0.15) is 19.3 Å². The van der Waals surface area contributed by atoms with Crippen molar-refractivity contribution in [3.63, 3.8) is 0 Å². The summed E-state index contributed by atoms with van der Waals surface area (Å²) in [7, 11) is 1.59. The largest absolute Gasteiger partial charge is 0.389 e. The highest BCUT2D eigenvalue weighted by Gasteiger charge is 2.30. The smallest absolute Gasteiger partial charge is 0.371 e. The van der Waals surface area contributed by atoms with Crippen LogP contribution in [0.2, 0.25) is 0 Å². The number of anilines is 1. The Labute approximate surface area is 128 Å². The highest BCUT2D eigenvalue weighted by molar-refractivity contribution is 5.75. The van der Waals surface area contributed by atoms with Crippen LogP contribution in [0.15, 0.2) is 30.3 Å². The van der Waals surface area contributed by atoms with Crippen LogP contribution in [0.25, 0.3) is 0 Å². The number of para-hydroxylation sites is 1. The first-order chi connectivity index (χ1) is 10.3. The molecule has 1 aromatic rings. The lowest BCUT2D eigenvalue weighted by Gasteiger charge is -2.23. The Hall–Kier alpha value is -1.72. The van der Waals surface area contributed by atoms with Crippen molar-refractivity contribution in [1.82, 2.24) is 4.90 Å². The molecule has 0 unspecified atom stereocenters. The van der Waals surface area contributed by atoms with E-state index in [1.165, 1.54) is 4.90 Å². The molecule has 22 heavy (non-hydrogen) atoms. The van der Waals surface area contributed by atoms with Crippen LogP contribution in [-0.4, -0.2) is 43.7 Å². The van der Waals surface area contributed by atoms with Crippen LogP contribution in [0.4, 0.5) is 18.9 Å². The van der Waals surface area contributed by atoms with Gasteiger partial charge in [-0.1, -0.05) is 18.2 Å². The second kappa shape index (κ2) is 7.03. The molecule has 1 aromatic carbocycles. The van der Waals surface area contributed by atoms with Crippen LogP contribution in [0, 0.1) is 5.92 Å². The van der Waals surface area contributed by atoms with Crippen molar-refractivity contribution in [2.75, 3.05) is 31.6 Å². The van der Waals surface area contributed by atoms with Crippen molar-refractivity contribution in [3.05, 3.63) is 30.3 Å². The predicted octanol–water partition coefficient (Wildman–Crippen LogP) is 3.31. The average Bonchev–Trinajstić information content (AvgIpc) is 2.93. The van der Waals surface area contributed by atoms with Crippen molar-refractivity contribution in [3.8, 4) is 0 Å². The molecule has 2 rings (SSSR count). The lowest BCUT2D eigenvalue weighted by molar-refractivity contribution is -0.148. The lowest BCUT2D eigenvalue weighted by atomic mass is 10.1. The third-order valence-electron chi connectivity index (χ3n) is 3.99. The van der Waals surface area contributed by atoms with E-state index in [0.29, 0.717) is 12.5 Å². The Bertz CT molecular complexity index is 490. The van der Waals surface area contributed by atoms with Gasteiger partial charge in [0.25, 0.3) is 0 Å². The number of hydrogen-bond donors (Lipinski definition) is 0.